The molecule has 2 N–H and O–H groups in total. The van der Waals surface area contributed by atoms with Crippen molar-refractivity contribution in [1.82, 2.24) is 4.98 Å². The average molecular weight is 576 g/mol. The Labute approximate surface area is 227 Å². The molecule has 4 aromatic rings. The Morgan fingerprint density at radius 1 is 0.800 bits per heavy atom. The Morgan fingerprint density at radius 2 is 1.35 bits per heavy atom. The molecule has 3 aromatic carbocycles. The van der Waals surface area contributed by atoms with Gasteiger partial charge in [0.15, 0.2) is 5.13 Å². The maximum Gasteiger partial charge on any atom is 0.416 e. The number of benzene rings is 3. The number of anilines is 2. The van der Waals surface area contributed by atoms with E-state index in [0.717, 1.165) is 35.0 Å². The molecule has 0 saturated carbocycles. The van der Waals surface area contributed by atoms with E-state index in [0.29, 0.717) is 33.0 Å². The molecule has 206 valence electrons. The standard InChI is InChI=1S/C28H19F6N3O2S/c1-16(38)35-26-37-25-22(5-3-6-23(25)40-26)36-24(39)7-2-4-21(17-8-12-19(13-9-17)27(29,30)31)18-10-14-20(15-11-18)28(32,33)34/h2-15H,1H3,(H,36,39)(H,35,37,38). The second-order valence-corrected chi connectivity index (χ2v) is 9.46. The van der Waals surface area contributed by atoms with Crippen LogP contribution in [-0.4, -0.2) is 16.8 Å². The molecule has 2 amide bonds. The van der Waals surface area contributed by atoms with Crippen molar-refractivity contribution in [2.75, 3.05) is 10.6 Å². The van der Waals surface area contributed by atoms with E-state index in [1.54, 1.807) is 18.2 Å². The third-order valence-electron chi connectivity index (χ3n) is 5.52. The first-order valence-electron chi connectivity index (χ1n) is 11.5. The molecule has 1 heterocycles. The summed E-state index contributed by atoms with van der Waals surface area (Å²) in [7, 11) is 0. The molecule has 0 radical (unpaired) electrons. The summed E-state index contributed by atoms with van der Waals surface area (Å²) in [5.41, 5.74) is -0.00998. The van der Waals surface area contributed by atoms with Crippen LogP contribution in [0.25, 0.3) is 15.8 Å². The number of alkyl halides is 6. The molecule has 12 heteroatoms. The van der Waals surface area contributed by atoms with Crippen LogP contribution in [-0.2, 0) is 21.9 Å². The number of halogens is 6. The number of rotatable bonds is 6. The van der Waals surface area contributed by atoms with Crippen molar-refractivity contribution in [2.24, 2.45) is 0 Å². The third kappa shape index (κ3) is 6.94. The van der Waals surface area contributed by atoms with E-state index in [4.69, 9.17) is 0 Å². The molecule has 5 nitrogen and oxygen atoms in total. The number of hydrogen-bond acceptors (Lipinski definition) is 4. The van der Waals surface area contributed by atoms with Gasteiger partial charge in [0.05, 0.1) is 21.5 Å². The summed E-state index contributed by atoms with van der Waals surface area (Å²) in [6, 6.07) is 13.4. The third-order valence-corrected chi connectivity index (χ3v) is 6.45. The fourth-order valence-corrected chi connectivity index (χ4v) is 4.64. The second kappa shape index (κ2) is 11.3. The Hall–Kier alpha value is -4.45. The lowest BCUT2D eigenvalue weighted by Crippen LogP contribution is -2.08. The van der Waals surface area contributed by atoms with E-state index in [-0.39, 0.29) is 5.91 Å². The van der Waals surface area contributed by atoms with Crippen LogP contribution < -0.4 is 10.6 Å². The molecule has 0 aliphatic rings. The largest absolute Gasteiger partial charge is 0.416 e. The molecule has 40 heavy (non-hydrogen) atoms. The second-order valence-electron chi connectivity index (χ2n) is 8.43. The minimum absolute atomic E-state index is 0.295. The minimum Gasteiger partial charge on any atom is -0.321 e. The Kier molecular flexibility index (Phi) is 8.10. The van der Waals surface area contributed by atoms with Gasteiger partial charge in [-0.2, -0.15) is 26.3 Å². The summed E-state index contributed by atoms with van der Waals surface area (Å²) in [4.78, 5) is 28.3. The van der Waals surface area contributed by atoms with Crippen molar-refractivity contribution < 1.29 is 35.9 Å². The molecule has 0 bridgehead atoms. The van der Waals surface area contributed by atoms with Crippen molar-refractivity contribution in [3.63, 3.8) is 0 Å². The molecule has 0 atom stereocenters. The highest BCUT2D eigenvalue weighted by atomic mass is 32.1. The lowest BCUT2D eigenvalue weighted by atomic mass is 9.95. The fraction of sp³-hybridized carbons (Fsp3) is 0.107. The van der Waals surface area contributed by atoms with E-state index in [1.165, 1.54) is 54.7 Å². The number of nitrogens with one attached hydrogen (secondary N) is 2. The maximum absolute atomic E-state index is 13.0. The smallest absolute Gasteiger partial charge is 0.321 e. The zero-order valence-electron chi connectivity index (χ0n) is 20.5. The summed E-state index contributed by atoms with van der Waals surface area (Å²) >= 11 is 1.23. The number of carbonyl (C=O) groups excluding carboxylic acids is 2. The number of hydrogen-bond donors (Lipinski definition) is 2. The molecule has 0 spiro atoms. The van der Waals surface area contributed by atoms with Crippen molar-refractivity contribution in [3.05, 3.63) is 107 Å². The van der Waals surface area contributed by atoms with Crippen LogP contribution in [0.2, 0.25) is 0 Å². The number of aromatic nitrogens is 1. The number of fused-ring (bicyclic) bond motifs is 1. The number of carbonyl (C=O) groups is 2. The van der Waals surface area contributed by atoms with Gasteiger partial charge in [-0.15, -0.1) is 0 Å². The number of para-hydroxylation sites is 1. The highest BCUT2D eigenvalue weighted by molar-refractivity contribution is 7.22. The van der Waals surface area contributed by atoms with Gasteiger partial charge in [0, 0.05) is 13.0 Å². The van der Waals surface area contributed by atoms with E-state index in [1.807, 2.05) is 0 Å². The Bertz CT molecular complexity index is 1540. The van der Waals surface area contributed by atoms with Gasteiger partial charge >= 0.3 is 12.4 Å². The minimum atomic E-state index is -4.56. The summed E-state index contributed by atoms with van der Waals surface area (Å²) < 4.78 is 78.9. The SMILES string of the molecule is CC(=O)Nc1nc2c(NC(=O)C=CC=C(c3ccc(C(F)(F)F)cc3)c3ccc(C(F)(F)F)cc3)cccc2s1. The van der Waals surface area contributed by atoms with Gasteiger partial charge in [0.25, 0.3) is 0 Å². The predicted octanol–water partition coefficient (Wildman–Crippen LogP) is 7.92. The predicted molar refractivity (Wildman–Crippen MR) is 142 cm³/mol. The molecule has 0 aliphatic carbocycles. The van der Waals surface area contributed by atoms with Crippen molar-refractivity contribution >= 4 is 49.8 Å². The van der Waals surface area contributed by atoms with Crippen LogP contribution in [0.4, 0.5) is 37.2 Å². The van der Waals surface area contributed by atoms with Crippen LogP contribution in [0.1, 0.15) is 29.2 Å². The normalized spacial score (nSPS) is 12.0. The maximum atomic E-state index is 13.0. The first-order chi connectivity index (χ1) is 18.8. The topological polar surface area (TPSA) is 71.1 Å². The van der Waals surface area contributed by atoms with Gasteiger partial charge in [-0.1, -0.05) is 53.8 Å². The number of amides is 2. The van der Waals surface area contributed by atoms with E-state index in [2.05, 4.69) is 15.6 Å². The van der Waals surface area contributed by atoms with Crippen LogP contribution in [0.3, 0.4) is 0 Å². The average Bonchev–Trinajstić information content (AvgIpc) is 3.29. The summed E-state index contributed by atoms with van der Waals surface area (Å²) in [6.07, 6.45) is -5.20. The molecule has 0 aliphatic heterocycles. The quantitative estimate of drug-likeness (QED) is 0.139. The van der Waals surface area contributed by atoms with Crippen molar-refractivity contribution in [3.8, 4) is 0 Å². The zero-order chi connectivity index (χ0) is 29.1. The summed E-state index contributed by atoms with van der Waals surface area (Å²) in [6.45, 7) is 1.34. The Balaban J connectivity index is 1.62. The molecule has 0 fully saturated rings. The zero-order valence-corrected chi connectivity index (χ0v) is 21.3. The van der Waals surface area contributed by atoms with Gasteiger partial charge in [-0.05, 0) is 53.1 Å². The molecule has 4 rings (SSSR count). The van der Waals surface area contributed by atoms with Gasteiger partial charge in [-0.25, -0.2) is 4.98 Å². The van der Waals surface area contributed by atoms with Crippen LogP contribution in [0.5, 0.6) is 0 Å². The highest BCUT2D eigenvalue weighted by Crippen LogP contribution is 2.34. The summed E-state index contributed by atoms with van der Waals surface area (Å²) in [5, 5.41) is 5.63. The number of thiazole rings is 1. The van der Waals surface area contributed by atoms with Gasteiger partial charge < -0.3 is 10.6 Å². The molecule has 0 saturated heterocycles. The van der Waals surface area contributed by atoms with Gasteiger partial charge in [-0.3, -0.25) is 9.59 Å². The Morgan fingerprint density at radius 3 is 1.85 bits per heavy atom. The summed E-state index contributed by atoms with van der Waals surface area (Å²) in [5.74, 6) is -0.853. The van der Waals surface area contributed by atoms with E-state index in [9.17, 15) is 35.9 Å². The van der Waals surface area contributed by atoms with Crippen molar-refractivity contribution in [1.29, 1.82) is 0 Å². The molecular weight excluding hydrogens is 556 g/mol. The van der Waals surface area contributed by atoms with E-state index >= 15 is 0 Å². The molecular formula is C28H19F6N3O2S. The van der Waals surface area contributed by atoms with E-state index < -0.39 is 29.4 Å². The molecule has 0 unspecified atom stereocenters. The highest BCUT2D eigenvalue weighted by Gasteiger charge is 2.31. The van der Waals surface area contributed by atoms with Crippen LogP contribution >= 0.6 is 11.3 Å². The van der Waals surface area contributed by atoms with Crippen LogP contribution in [0.15, 0.2) is 85.0 Å². The first kappa shape index (κ1) is 28.6. The van der Waals surface area contributed by atoms with Gasteiger partial charge in [0.2, 0.25) is 11.8 Å². The monoisotopic (exact) mass is 575 g/mol. The molecule has 1 aromatic heterocycles. The van der Waals surface area contributed by atoms with Crippen LogP contribution in [0, 0.1) is 0 Å². The number of allylic oxidation sites excluding steroid dienone is 2. The number of nitrogens with zero attached hydrogens (tertiary/aromatic N) is 1. The van der Waals surface area contributed by atoms with Gasteiger partial charge in [0.1, 0.15) is 5.52 Å². The first-order valence-corrected chi connectivity index (χ1v) is 12.3. The fourth-order valence-electron chi connectivity index (χ4n) is 3.70. The van der Waals surface area contributed by atoms with Crippen molar-refractivity contribution in [2.45, 2.75) is 19.3 Å². The lowest BCUT2D eigenvalue weighted by Gasteiger charge is -2.12. The lowest BCUT2D eigenvalue weighted by molar-refractivity contribution is -0.138.